The first kappa shape index (κ1) is 12.9. The Morgan fingerprint density at radius 1 is 1.50 bits per heavy atom. The molecular weight excluding hydrogens is 214 g/mol. The molecule has 1 unspecified atom stereocenters. The van der Waals surface area contributed by atoms with Crippen LogP contribution in [-0.2, 0) is 14.3 Å². The minimum absolute atomic E-state index is 0.0225. The summed E-state index contributed by atoms with van der Waals surface area (Å²) in [7, 11) is 0. The molecule has 1 saturated heterocycles. The highest BCUT2D eigenvalue weighted by molar-refractivity contribution is 5.85. The van der Waals surface area contributed by atoms with Crippen LogP contribution in [0.5, 0.6) is 0 Å². The lowest BCUT2D eigenvalue weighted by Crippen LogP contribution is -2.45. The maximum atomic E-state index is 11.7. The van der Waals surface area contributed by atoms with E-state index in [-0.39, 0.29) is 24.9 Å². The molecule has 6 nitrogen and oxygen atoms in total. The Morgan fingerprint density at radius 3 is 2.75 bits per heavy atom. The lowest BCUT2D eigenvalue weighted by Gasteiger charge is -2.23. The molecule has 16 heavy (non-hydrogen) atoms. The number of rotatable bonds is 5. The smallest absolute Gasteiger partial charge is 0.326 e. The van der Waals surface area contributed by atoms with Gasteiger partial charge in [0.25, 0.3) is 0 Å². The fourth-order valence-electron chi connectivity index (χ4n) is 1.62. The summed E-state index contributed by atoms with van der Waals surface area (Å²) >= 11 is 0. The summed E-state index contributed by atoms with van der Waals surface area (Å²) in [6.45, 7) is 0.735. The van der Waals surface area contributed by atoms with Crippen molar-refractivity contribution in [3.05, 3.63) is 0 Å². The predicted octanol–water partition coefficient (Wildman–Crippen LogP) is -0.635. The molecule has 2 atom stereocenters. The minimum Gasteiger partial charge on any atom is -0.480 e. The Labute approximate surface area is 93.6 Å². The average Bonchev–Trinajstić information content (AvgIpc) is 2.29. The molecule has 1 rings (SSSR count). The second-order valence-corrected chi connectivity index (χ2v) is 3.83. The third-order valence-electron chi connectivity index (χ3n) is 2.56. The zero-order valence-corrected chi connectivity index (χ0v) is 9.02. The first-order chi connectivity index (χ1) is 7.65. The topological polar surface area (TPSA) is 95.9 Å². The Morgan fingerprint density at radius 2 is 2.25 bits per heavy atom. The van der Waals surface area contributed by atoms with E-state index in [0.717, 1.165) is 12.8 Å². The third-order valence-corrected chi connectivity index (χ3v) is 2.56. The summed E-state index contributed by atoms with van der Waals surface area (Å²) in [4.78, 5) is 22.4. The number of ether oxygens (including phenoxy) is 1. The van der Waals surface area contributed by atoms with Crippen molar-refractivity contribution < 1.29 is 24.5 Å². The molecule has 1 amide bonds. The first-order valence-corrected chi connectivity index (χ1v) is 5.37. The van der Waals surface area contributed by atoms with Gasteiger partial charge in [-0.2, -0.15) is 0 Å². The number of carbonyl (C=O) groups excluding carboxylic acids is 1. The highest BCUT2D eigenvalue weighted by atomic mass is 16.5. The zero-order valence-electron chi connectivity index (χ0n) is 9.02. The van der Waals surface area contributed by atoms with Crippen molar-refractivity contribution in [3.8, 4) is 0 Å². The first-order valence-electron chi connectivity index (χ1n) is 5.37. The Hall–Kier alpha value is -1.14. The molecular formula is C10H17NO5. The van der Waals surface area contributed by atoms with Gasteiger partial charge in [-0.05, 0) is 12.8 Å². The van der Waals surface area contributed by atoms with E-state index in [9.17, 15) is 9.59 Å². The van der Waals surface area contributed by atoms with Crippen molar-refractivity contribution in [1.82, 2.24) is 5.32 Å². The number of aliphatic hydroxyl groups is 1. The second-order valence-electron chi connectivity index (χ2n) is 3.83. The van der Waals surface area contributed by atoms with Gasteiger partial charge in [0.1, 0.15) is 6.04 Å². The van der Waals surface area contributed by atoms with Crippen molar-refractivity contribution in [2.24, 2.45) is 5.92 Å². The van der Waals surface area contributed by atoms with Gasteiger partial charge in [0, 0.05) is 19.6 Å². The number of carboxylic acids is 1. The number of carbonyl (C=O) groups is 2. The quantitative estimate of drug-likeness (QED) is 0.585. The summed E-state index contributed by atoms with van der Waals surface area (Å²) in [5.41, 5.74) is 0. The largest absolute Gasteiger partial charge is 0.480 e. The van der Waals surface area contributed by atoms with Crippen molar-refractivity contribution in [1.29, 1.82) is 0 Å². The highest BCUT2D eigenvalue weighted by Crippen LogP contribution is 2.13. The summed E-state index contributed by atoms with van der Waals surface area (Å²) < 4.78 is 5.15. The van der Waals surface area contributed by atoms with Crippen LogP contribution in [0.4, 0.5) is 0 Å². The molecule has 0 radical (unpaired) electrons. The lowest BCUT2D eigenvalue weighted by atomic mass is 10.0. The molecule has 0 aromatic heterocycles. The van der Waals surface area contributed by atoms with Crippen LogP contribution >= 0.6 is 0 Å². The number of carboxylic acid groups (broad SMARTS) is 1. The van der Waals surface area contributed by atoms with Crippen LogP contribution in [-0.4, -0.2) is 48.0 Å². The fourth-order valence-corrected chi connectivity index (χ4v) is 1.62. The van der Waals surface area contributed by atoms with E-state index in [1.807, 2.05) is 0 Å². The number of amides is 1. The molecule has 0 bridgehead atoms. The second kappa shape index (κ2) is 6.44. The number of hydrogen-bond donors (Lipinski definition) is 3. The summed E-state index contributed by atoms with van der Waals surface area (Å²) in [6, 6.07) is -1.01. The fraction of sp³-hybridized carbons (Fsp3) is 0.800. The van der Waals surface area contributed by atoms with Gasteiger partial charge in [-0.25, -0.2) is 4.79 Å². The van der Waals surface area contributed by atoms with Gasteiger partial charge in [0.05, 0.1) is 12.5 Å². The molecule has 0 aromatic carbocycles. The van der Waals surface area contributed by atoms with Crippen LogP contribution < -0.4 is 5.32 Å². The number of nitrogens with one attached hydrogen (secondary N) is 1. The molecule has 1 aliphatic rings. The lowest BCUT2D eigenvalue weighted by molar-refractivity contribution is -0.143. The van der Waals surface area contributed by atoms with E-state index >= 15 is 0 Å². The number of aliphatic carboxylic acids is 1. The van der Waals surface area contributed by atoms with Crippen LogP contribution in [0.15, 0.2) is 0 Å². The van der Waals surface area contributed by atoms with Crippen LogP contribution in [0, 0.1) is 5.92 Å². The molecule has 1 aliphatic heterocycles. The molecule has 0 saturated carbocycles. The molecule has 3 N–H and O–H groups in total. The monoisotopic (exact) mass is 231 g/mol. The van der Waals surface area contributed by atoms with Gasteiger partial charge in [-0.1, -0.05) is 0 Å². The molecule has 0 spiro atoms. The molecule has 92 valence electrons. The normalized spacial score (nSPS) is 22.4. The Kier molecular flexibility index (Phi) is 5.21. The van der Waals surface area contributed by atoms with E-state index in [4.69, 9.17) is 14.9 Å². The van der Waals surface area contributed by atoms with E-state index in [1.54, 1.807) is 0 Å². The molecule has 1 fully saturated rings. The Balaban J connectivity index is 2.43. The predicted molar refractivity (Wildman–Crippen MR) is 54.8 cm³/mol. The van der Waals surface area contributed by atoms with Crippen molar-refractivity contribution >= 4 is 11.9 Å². The van der Waals surface area contributed by atoms with Gasteiger partial charge in [-0.15, -0.1) is 0 Å². The molecule has 0 aliphatic carbocycles. The van der Waals surface area contributed by atoms with Crippen LogP contribution in [0.2, 0.25) is 0 Å². The van der Waals surface area contributed by atoms with E-state index in [1.165, 1.54) is 0 Å². The maximum Gasteiger partial charge on any atom is 0.326 e. The molecule has 1 heterocycles. The van der Waals surface area contributed by atoms with Gasteiger partial charge in [0.2, 0.25) is 5.91 Å². The Bertz CT molecular complexity index is 250. The molecule has 0 aromatic rings. The summed E-state index contributed by atoms with van der Waals surface area (Å²) in [5.74, 6) is -1.70. The molecule has 6 heteroatoms. The van der Waals surface area contributed by atoms with Crippen molar-refractivity contribution in [3.63, 3.8) is 0 Å². The minimum atomic E-state index is -1.13. The van der Waals surface area contributed by atoms with Crippen molar-refractivity contribution in [2.45, 2.75) is 25.3 Å². The van der Waals surface area contributed by atoms with Crippen molar-refractivity contribution in [2.75, 3.05) is 19.8 Å². The summed E-state index contributed by atoms with van der Waals surface area (Å²) in [5, 5.41) is 19.9. The van der Waals surface area contributed by atoms with Gasteiger partial charge >= 0.3 is 5.97 Å². The van der Waals surface area contributed by atoms with Gasteiger partial charge in [-0.3, -0.25) is 4.79 Å². The van der Waals surface area contributed by atoms with E-state index in [0.29, 0.717) is 13.2 Å². The third kappa shape index (κ3) is 3.79. The maximum absolute atomic E-state index is 11.7. The summed E-state index contributed by atoms with van der Waals surface area (Å²) in [6.07, 6.45) is 1.56. The van der Waals surface area contributed by atoms with E-state index < -0.39 is 12.0 Å². The standard InChI is InChI=1S/C10H17NO5/c12-4-3-8(10(14)15)11-9(13)7-2-1-5-16-6-7/h7-8,12H,1-6H2,(H,11,13)(H,14,15)/t7?,8-/m0/s1. The number of hydrogen-bond acceptors (Lipinski definition) is 4. The van der Waals surface area contributed by atoms with Gasteiger partial charge in [0.15, 0.2) is 0 Å². The number of aliphatic hydroxyl groups excluding tert-OH is 1. The van der Waals surface area contributed by atoms with Gasteiger partial charge < -0.3 is 20.3 Å². The average molecular weight is 231 g/mol. The highest BCUT2D eigenvalue weighted by Gasteiger charge is 2.26. The van der Waals surface area contributed by atoms with Crippen LogP contribution in [0.25, 0.3) is 0 Å². The SMILES string of the molecule is O=C(N[C@@H](CCO)C(=O)O)C1CCCOC1. The van der Waals surface area contributed by atoms with E-state index in [2.05, 4.69) is 5.32 Å². The zero-order chi connectivity index (χ0) is 12.0. The van der Waals surface area contributed by atoms with Crippen LogP contribution in [0.3, 0.4) is 0 Å². The van der Waals surface area contributed by atoms with Crippen LogP contribution in [0.1, 0.15) is 19.3 Å².